The lowest BCUT2D eigenvalue weighted by molar-refractivity contribution is -0.393. The Labute approximate surface area is 180 Å². The molecule has 0 amide bonds. The minimum atomic E-state index is -0.722. The minimum Gasteiger partial charge on any atom is -0.271 e. The molecule has 0 bridgehead atoms. The quantitative estimate of drug-likeness (QED) is 0.241. The van der Waals surface area contributed by atoms with Crippen molar-refractivity contribution in [3.63, 3.8) is 0 Å². The Morgan fingerprint density at radius 3 is 2.28 bits per heavy atom. The predicted octanol–water partition coefficient (Wildman–Crippen LogP) is 5.66. The molecule has 0 saturated heterocycles. The second-order valence-electron chi connectivity index (χ2n) is 6.82. The molecule has 0 aliphatic heterocycles. The number of benzene rings is 4. The summed E-state index contributed by atoms with van der Waals surface area (Å²) in [5.74, 6) is -0.412. The van der Waals surface area contributed by atoms with Crippen molar-refractivity contribution in [3.05, 3.63) is 122 Å². The van der Waals surface area contributed by atoms with Gasteiger partial charge in [-0.3, -0.25) is 25.7 Å². The fourth-order valence-electron chi connectivity index (χ4n) is 3.32. The topological polar surface area (TPSA) is 111 Å². The lowest BCUT2D eigenvalue weighted by Gasteiger charge is -2.12. The highest BCUT2D eigenvalue weighted by molar-refractivity contribution is 6.19. The molecule has 4 aromatic rings. The van der Waals surface area contributed by atoms with Crippen LogP contribution in [0.3, 0.4) is 0 Å². The van der Waals surface area contributed by atoms with Crippen LogP contribution in [-0.4, -0.2) is 15.6 Å². The van der Waals surface area contributed by atoms with Gasteiger partial charge in [0.1, 0.15) is 11.5 Å². The van der Waals surface area contributed by atoms with Crippen molar-refractivity contribution >= 4 is 33.5 Å². The number of halogens is 1. The molecule has 32 heavy (non-hydrogen) atoms. The maximum absolute atomic E-state index is 13.5. The number of hydrogen-bond donors (Lipinski definition) is 1. The maximum Gasteiger partial charge on any atom is 0.301 e. The summed E-state index contributed by atoms with van der Waals surface area (Å²) in [5.41, 5.74) is 3.50. The molecule has 4 rings (SSSR count). The second-order valence-corrected chi connectivity index (χ2v) is 6.82. The Balaban J connectivity index is 1.85. The van der Waals surface area contributed by atoms with Gasteiger partial charge in [0.05, 0.1) is 21.6 Å². The van der Waals surface area contributed by atoms with Crippen LogP contribution in [-0.2, 0) is 0 Å². The summed E-state index contributed by atoms with van der Waals surface area (Å²) in [6, 6.07) is 22.2. The molecule has 9 heteroatoms. The monoisotopic (exact) mass is 430 g/mol. The third-order valence-electron chi connectivity index (χ3n) is 4.84. The highest BCUT2D eigenvalue weighted by Gasteiger charge is 2.20. The van der Waals surface area contributed by atoms with Crippen molar-refractivity contribution in [2.75, 3.05) is 5.43 Å². The van der Waals surface area contributed by atoms with E-state index in [-0.39, 0.29) is 5.69 Å². The van der Waals surface area contributed by atoms with E-state index < -0.39 is 27.0 Å². The van der Waals surface area contributed by atoms with E-state index in [1.54, 1.807) is 12.1 Å². The summed E-state index contributed by atoms with van der Waals surface area (Å²) in [7, 11) is 0. The number of non-ortho nitro benzene ring substituents is 1. The molecular weight excluding hydrogens is 415 g/mol. The van der Waals surface area contributed by atoms with E-state index in [0.29, 0.717) is 11.3 Å². The van der Waals surface area contributed by atoms with E-state index in [2.05, 4.69) is 10.5 Å². The number of nitrogens with zero attached hydrogens (tertiary/aromatic N) is 3. The van der Waals surface area contributed by atoms with Crippen LogP contribution in [0.4, 0.5) is 21.5 Å². The lowest BCUT2D eigenvalue weighted by atomic mass is 9.96. The Morgan fingerprint density at radius 1 is 0.844 bits per heavy atom. The number of nitrogens with one attached hydrogen (secondary N) is 1. The Hall–Kier alpha value is -4.66. The van der Waals surface area contributed by atoms with Gasteiger partial charge in [-0.05, 0) is 41.1 Å². The van der Waals surface area contributed by atoms with Crippen LogP contribution >= 0.6 is 0 Å². The summed E-state index contributed by atoms with van der Waals surface area (Å²) >= 11 is 0. The fraction of sp³-hybridized carbons (Fsp3) is 0. The molecule has 0 aliphatic carbocycles. The van der Waals surface area contributed by atoms with Crippen molar-refractivity contribution in [1.29, 1.82) is 0 Å². The number of hydrazone groups is 1. The smallest absolute Gasteiger partial charge is 0.271 e. The number of fused-ring (bicyclic) bond motifs is 1. The molecule has 0 spiro atoms. The second kappa shape index (κ2) is 8.60. The average molecular weight is 430 g/mol. The first-order chi connectivity index (χ1) is 15.4. The fourth-order valence-corrected chi connectivity index (χ4v) is 3.32. The summed E-state index contributed by atoms with van der Waals surface area (Å²) in [6.07, 6.45) is 0. The molecule has 0 saturated carbocycles. The van der Waals surface area contributed by atoms with Gasteiger partial charge in [0, 0.05) is 17.2 Å². The van der Waals surface area contributed by atoms with Gasteiger partial charge in [-0.2, -0.15) is 5.10 Å². The van der Waals surface area contributed by atoms with Crippen molar-refractivity contribution in [1.82, 2.24) is 0 Å². The average Bonchev–Trinajstić information content (AvgIpc) is 2.80. The molecule has 0 unspecified atom stereocenters. The first-order valence-corrected chi connectivity index (χ1v) is 9.44. The third-order valence-corrected chi connectivity index (χ3v) is 4.84. The molecule has 0 aliphatic rings. The highest BCUT2D eigenvalue weighted by atomic mass is 19.1. The van der Waals surface area contributed by atoms with Gasteiger partial charge >= 0.3 is 5.69 Å². The normalized spacial score (nSPS) is 11.3. The van der Waals surface area contributed by atoms with E-state index in [9.17, 15) is 24.6 Å². The summed E-state index contributed by atoms with van der Waals surface area (Å²) in [6.45, 7) is 0. The molecule has 0 radical (unpaired) electrons. The first-order valence-electron chi connectivity index (χ1n) is 9.44. The number of nitro benzene ring substituents is 2. The van der Waals surface area contributed by atoms with Crippen LogP contribution in [0.1, 0.15) is 11.1 Å². The Morgan fingerprint density at radius 2 is 1.56 bits per heavy atom. The minimum absolute atomic E-state index is 0.0135. The Bertz CT molecular complexity index is 1370. The molecule has 0 heterocycles. The van der Waals surface area contributed by atoms with Crippen molar-refractivity contribution in [2.45, 2.75) is 0 Å². The van der Waals surface area contributed by atoms with Crippen LogP contribution < -0.4 is 5.43 Å². The predicted molar refractivity (Wildman–Crippen MR) is 119 cm³/mol. The molecule has 8 nitrogen and oxygen atoms in total. The van der Waals surface area contributed by atoms with Crippen molar-refractivity contribution in [2.24, 2.45) is 5.10 Å². The van der Waals surface area contributed by atoms with E-state index >= 15 is 0 Å². The summed E-state index contributed by atoms with van der Waals surface area (Å²) in [4.78, 5) is 21.0. The summed E-state index contributed by atoms with van der Waals surface area (Å²) in [5, 5.41) is 28.7. The molecule has 4 aromatic carbocycles. The van der Waals surface area contributed by atoms with E-state index in [1.807, 2.05) is 42.5 Å². The maximum atomic E-state index is 13.5. The van der Waals surface area contributed by atoms with E-state index in [0.717, 1.165) is 28.5 Å². The molecule has 0 fully saturated rings. The van der Waals surface area contributed by atoms with Gasteiger partial charge in [0.2, 0.25) is 0 Å². The number of hydrogen-bond acceptors (Lipinski definition) is 6. The van der Waals surface area contributed by atoms with Gasteiger partial charge in [0.25, 0.3) is 5.69 Å². The summed E-state index contributed by atoms with van der Waals surface area (Å²) < 4.78 is 13.5. The van der Waals surface area contributed by atoms with Crippen LogP contribution in [0.5, 0.6) is 0 Å². The standard InChI is InChI=1S/C23H15FN4O4/c24-17-10-8-16(9-11-17)23(20-7-3-5-15-4-1-2-6-19(15)20)26-25-21-13-12-18(27(29)30)14-22(21)28(31)32/h1-14,25H/b26-23+. The van der Waals surface area contributed by atoms with Crippen LogP contribution in [0, 0.1) is 26.0 Å². The van der Waals surface area contributed by atoms with Gasteiger partial charge in [-0.25, -0.2) is 4.39 Å². The number of rotatable bonds is 6. The zero-order chi connectivity index (χ0) is 22.7. The third kappa shape index (κ3) is 4.12. The van der Waals surface area contributed by atoms with Crippen LogP contribution in [0.2, 0.25) is 0 Å². The van der Waals surface area contributed by atoms with Crippen LogP contribution in [0.25, 0.3) is 10.8 Å². The molecular formula is C23H15FN4O4. The van der Waals surface area contributed by atoms with E-state index in [1.165, 1.54) is 18.2 Å². The van der Waals surface area contributed by atoms with E-state index in [4.69, 9.17) is 0 Å². The van der Waals surface area contributed by atoms with Crippen molar-refractivity contribution in [3.8, 4) is 0 Å². The lowest BCUT2D eigenvalue weighted by Crippen LogP contribution is -2.08. The zero-order valence-electron chi connectivity index (χ0n) is 16.4. The number of anilines is 1. The molecule has 0 atom stereocenters. The zero-order valence-corrected chi connectivity index (χ0v) is 16.4. The van der Waals surface area contributed by atoms with Crippen molar-refractivity contribution < 1.29 is 14.2 Å². The largest absolute Gasteiger partial charge is 0.301 e. The van der Waals surface area contributed by atoms with Gasteiger partial charge in [-0.15, -0.1) is 0 Å². The SMILES string of the molecule is O=[N+]([O-])c1ccc(N/N=C(\c2ccc(F)cc2)c2cccc3ccccc23)c([N+](=O)[O-])c1. The van der Waals surface area contributed by atoms with Gasteiger partial charge in [-0.1, -0.05) is 42.5 Å². The molecule has 158 valence electrons. The number of nitro groups is 2. The molecule has 1 N–H and O–H groups in total. The molecule has 0 aromatic heterocycles. The van der Waals surface area contributed by atoms with Crippen LogP contribution in [0.15, 0.2) is 90.0 Å². The Kier molecular flexibility index (Phi) is 5.54. The first kappa shape index (κ1) is 20.6. The van der Waals surface area contributed by atoms with Gasteiger partial charge < -0.3 is 0 Å². The highest BCUT2D eigenvalue weighted by Crippen LogP contribution is 2.29. The van der Waals surface area contributed by atoms with Gasteiger partial charge in [0.15, 0.2) is 0 Å².